The predicted octanol–water partition coefficient (Wildman–Crippen LogP) is 9.75. The topological polar surface area (TPSA) is 111 Å². The van der Waals surface area contributed by atoms with E-state index >= 15 is 0 Å². The number of carbonyl (C=O) groups is 2. The quantitative estimate of drug-likeness (QED) is 0.116. The van der Waals surface area contributed by atoms with E-state index in [2.05, 4.69) is 23.8 Å². The lowest BCUT2D eigenvalue weighted by molar-refractivity contribution is -0.116. The first-order valence-corrected chi connectivity index (χ1v) is 18.2. The summed E-state index contributed by atoms with van der Waals surface area (Å²) >= 11 is 0. The molecule has 0 heterocycles. The van der Waals surface area contributed by atoms with Gasteiger partial charge < -0.3 is 20.1 Å². The van der Waals surface area contributed by atoms with E-state index in [1.165, 1.54) is 24.3 Å². The number of para-hydroxylation sites is 4. The summed E-state index contributed by atoms with van der Waals surface area (Å²) in [6.07, 6.45) is 3.69. The minimum absolute atomic E-state index is 0.00201. The number of hydrogen-bond acceptors (Lipinski definition) is 6. The number of nitrogens with one attached hydrogen (secondary N) is 2. The Balaban J connectivity index is 1.16. The Labute approximate surface area is 309 Å². The number of ether oxygens (including phenoxy) is 2. The van der Waals surface area contributed by atoms with Crippen LogP contribution in [-0.4, -0.2) is 20.2 Å². The summed E-state index contributed by atoms with van der Waals surface area (Å²) < 4.78 is 40.0. The summed E-state index contributed by atoms with van der Waals surface area (Å²) in [6.45, 7) is 7.64. The maximum Gasteiger partial charge on any atom is 0.228 e. The minimum atomic E-state index is -4.02. The molecule has 0 fully saturated rings. The Morgan fingerprint density at radius 1 is 0.528 bits per heavy atom. The normalized spacial score (nSPS) is 10.9. The van der Waals surface area contributed by atoms with Gasteiger partial charge in [-0.3, -0.25) is 9.59 Å². The molecule has 0 aliphatic heterocycles. The zero-order valence-electron chi connectivity index (χ0n) is 28.7. The molecule has 0 aromatic heterocycles. The monoisotopic (exact) mass is 720 g/mol. The van der Waals surface area contributed by atoms with Crippen LogP contribution in [0.1, 0.15) is 22.3 Å². The molecule has 0 saturated carbocycles. The summed E-state index contributed by atoms with van der Waals surface area (Å²) in [5, 5.41) is 5.80. The highest BCUT2D eigenvalue weighted by atomic mass is 32.2. The molecule has 6 aromatic carbocycles. The zero-order chi connectivity index (χ0) is 37.2. The van der Waals surface area contributed by atoms with Gasteiger partial charge in [-0.1, -0.05) is 110 Å². The van der Waals surface area contributed by atoms with Gasteiger partial charge in [0.2, 0.25) is 21.7 Å². The molecule has 0 saturated heterocycles. The van der Waals surface area contributed by atoms with E-state index in [1.807, 2.05) is 48.5 Å². The van der Waals surface area contributed by atoms with Crippen molar-refractivity contribution in [2.45, 2.75) is 22.6 Å². The van der Waals surface area contributed by atoms with E-state index in [0.29, 0.717) is 22.9 Å². The van der Waals surface area contributed by atoms with Crippen molar-refractivity contribution >= 4 is 45.2 Å². The van der Waals surface area contributed by atoms with Gasteiger partial charge in [0.1, 0.15) is 11.5 Å². The Morgan fingerprint density at radius 3 is 1.36 bits per heavy atom. The highest BCUT2D eigenvalue weighted by Crippen LogP contribution is 2.34. The molecule has 2 N–H and O–H groups in total. The number of anilines is 2. The fraction of sp³-hybridized carbons (Fsp3) is 0.0455. The van der Waals surface area contributed by atoms with Crippen LogP contribution < -0.4 is 20.1 Å². The lowest BCUT2D eigenvalue weighted by Crippen LogP contribution is -2.15. The fourth-order valence-corrected chi connectivity index (χ4v) is 6.97. The van der Waals surface area contributed by atoms with E-state index < -0.39 is 9.84 Å². The van der Waals surface area contributed by atoms with Gasteiger partial charge in [-0.2, -0.15) is 0 Å². The van der Waals surface area contributed by atoms with E-state index in [0.717, 1.165) is 22.3 Å². The molecule has 9 heteroatoms. The Hall–Kier alpha value is -6.71. The Kier molecular flexibility index (Phi) is 11.3. The highest BCUT2D eigenvalue weighted by Gasteiger charge is 2.20. The van der Waals surface area contributed by atoms with Crippen LogP contribution in [0.2, 0.25) is 0 Å². The van der Waals surface area contributed by atoms with Crippen LogP contribution in [0.25, 0.3) is 12.2 Å². The standard InChI is InChI=1S/C44H36N2O6S/c1-3-31-15-5-7-17-33(31)27-43(47)45-39-23-9-11-25-41(39)51-35-19-13-21-37(29-35)53(49,50)38-22-14-20-36(30-38)52-42-26-12-10-24-40(42)46-44(48)28-34-18-8-6-16-32(34)4-2/h3-26,29-30H,1-2,27-28H2,(H,45,47)(H,46,48). The molecule has 0 radical (unpaired) electrons. The van der Waals surface area contributed by atoms with Crippen molar-refractivity contribution in [1.82, 2.24) is 0 Å². The van der Waals surface area contributed by atoms with Gasteiger partial charge in [0, 0.05) is 0 Å². The second-order valence-corrected chi connectivity index (χ2v) is 13.9. The summed E-state index contributed by atoms with van der Waals surface area (Å²) in [5.74, 6) is 0.730. The van der Waals surface area contributed by atoms with Crippen molar-refractivity contribution in [2.75, 3.05) is 10.6 Å². The average molecular weight is 721 g/mol. The minimum Gasteiger partial charge on any atom is -0.455 e. The van der Waals surface area contributed by atoms with Crippen molar-refractivity contribution in [1.29, 1.82) is 0 Å². The highest BCUT2D eigenvalue weighted by molar-refractivity contribution is 7.91. The number of hydrogen-bond donors (Lipinski definition) is 2. The van der Waals surface area contributed by atoms with Crippen molar-refractivity contribution in [3.63, 3.8) is 0 Å². The van der Waals surface area contributed by atoms with Crippen molar-refractivity contribution in [3.8, 4) is 23.0 Å². The second kappa shape index (κ2) is 16.5. The number of benzene rings is 6. The molecule has 0 aliphatic rings. The smallest absolute Gasteiger partial charge is 0.228 e. The van der Waals surface area contributed by atoms with Crippen LogP contribution in [0.3, 0.4) is 0 Å². The summed E-state index contributed by atoms with van der Waals surface area (Å²) in [4.78, 5) is 26.0. The zero-order valence-corrected chi connectivity index (χ0v) is 29.5. The fourth-order valence-electron chi connectivity index (χ4n) is 5.64. The van der Waals surface area contributed by atoms with Crippen molar-refractivity contribution in [2.24, 2.45) is 0 Å². The van der Waals surface area contributed by atoms with E-state index in [1.54, 1.807) is 84.9 Å². The second-order valence-electron chi connectivity index (χ2n) is 11.9. The van der Waals surface area contributed by atoms with Gasteiger partial charge in [0.05, 0.1) is 34.0 Å². The third-order valence-electron chi connectivity index (χ3n) is 8.26. The molecule has 2 amide bonds. The molecule has 0 aliphatic carbocycles. The molecule has 6 rings (SSSR count). The van der Waals surface area contributed by atoms with Crippen molar-refractivity contribution in [3.05, 3.63) is 181 Å². The van der Waals surface area contributed by atoms with Crippen LogP contribution in [0.5, 0.6) is 23.0 Å². The van der Waals surface area contributed by atoms with Gasteiger partial charge in [-0.25, -0.2) is 8.42 Å². The molecule has 8 nitrogen and oxygen atoms in total. The summed E-state index contributed by atoms with van der Waals surface area (Å²) in [6, 6.07) is 41.2. The van der Waals surface area contributed by atoms with Gasteiger partial charge in [-0.05, 0) is 82.9 Å². The lowest BCUT2D eigenvalue weighted by atomic mass is 10.0. The maximum atomic E-state index is 13.9. The summed E-state index contributed by atoms with van der Waals surface area (Å²) in [7, 11) is -4.02. The number of carbonyl (C=O) groups excluding carboxylic acids is 2. The Bertz CT molecular complexity index is 2260. The lowest BCUT2D eigenvalue weighted by Gasteiger charge is -2.14. The molecule has 264 valence electrons. The SMILES string of the molecule is C=Cc1ccccc1CC(=O)Nc1ccccc1Oc1cccc(S(=O)(=O)c2cccc(Oc3ccccc3NC(=O)Cc3ccccc3C=C)c2)c1. The van der Waals surface area contributed by atoms with Gasteiger partial charge in [-0.15, -0.1) is 0 Å². The number of rotatable bonds is 14. The van der Waals surface area contributed by atoms with Crippen LogP contribution in [0.15, 0.2) is 169 Å². The molecular weight excluding hydrogens is 685 g/mol. The van der Waals surface area contributed by atoms with E-state index in [4.69, 9.17) is 9.47 Å². The largest absolute Gasteiger partial charge is 0.455 e. The first-order valence-electron chi connectivity index (χ1n) is 16.7. The van der Waals surface area contributed by atoms with E-state index in [9.17, 15) is 18.0 Å². The molecule has 0 unspecified atom stereocenters. The average Bonchev–Trinajstić information content (AvgIpc) is 3.17. The molecule has 53 heavy (non-hydrogen) atoms. The van der Waals surface area contributed by atoms with Crippen LogP contribution in [-0.2, 0) is 32.3 Å². The number of sulfone groups is 1. The first-order chi connectivity index (χ1) is 25.7. The predicted molar refractivity (Wildman–Crippen MR) is 209 cm³/mol. The third kappa shape index (κ3) is 8.97. The summed E-state index contributed by atoms with van der Waals surface area (Å²) in [5.41, 5.74) is 4.29. The molecular formula is C44H36N2O6S. The van der Waals surface area contributed by atoms with E-state index in [-0.39, 0.29) is 45.9 Å². The molecule has 6 aromatic rings. The van der Waals surface area contributed by atoms with Crippen molar-refractivity contribution < 1.29 is 27.5 Å². The Morgan fingerprint density at radius 2 is 0.925 bits per heavy atom. The van der Waals surface area contributed by atoms with Gasteiger partial charge >= 0.3 is 0 Å². The van der Waals surface area contributed by atoms with Crippen LogP contribution in [0.4, 0.5) is 11.4 Å². The maximum absolute atomic E-state index is 13.9. The molecule has 0 bridgehead atoms. The van der Waals surface area contributed by atoms with Crippen LogP contribution in [0, 0.1) is 0 Å². The molecule has 0 spiro atoms. The van der Waals surface area contributed by atoms with Gasteiger partial charge in [0.15, 0.2) is 11.5 Å². The third-order valence-corrected chi connectivity index (χ3v) is 10.0. The first kappa shape index (κ1) is 36.1. The molecule has 0 atom stereocenters. The van der Waals surface area contributed by atoms with Gasteiger partial charge in [0.25, 0.3) is 0 Å². The van der Waals surface area contributed by atoms with Crippen LogP contribution >= 0.6 is 0 Å². The number of amides is 2.